The molecule has 2 rings (SSSR count). The third kappa shape index (κ3) is 5.00. The van der Waals surface area contributed by atoms with Gasteiger partial charge in [-0.1, -0.05) is 6.07 Å². The van der Waals surface area contributed by atoms with Crippen LogP contribution in [-0.4, -0.2) is 35.4 Å². The summed E-state index contributed by atoms with van der Waals surface area (Å²) in [5.41, 5.74) is 1.10. The van der Waals surface area contributed by atoms with Crippen LogP contribution in [0.3, 0.4) is 0 Å². The second kappa shape index (κ2) is 10.3. The van der Waals surface area contributed by atoms with Crippen LogP contribution in [0.4, 0.5) is 11.4 Å². The number of nitrogens with zero attached hydrogens (tertiary/aromatic N) is 2. The third-order valence-corrected chi connectivity index (χ3v) is 4.83. The first-order valence-electron chi connectivity index (χ1n) is 8.78. The summed E-state index contributed by atoms with van der Waals surface area (Å²) < 4.78 is 6.94. The van der Waals surface area contributed by atoms with Gasteiger partial charge in [-0.25, -0.2) is 4.79 Å². The van der Waals surface area contributed by atoms with Crippen molar-refractivity contribution in [3.8, 4) is 6.07 Å². The van der Waals surface area contributed by atoms with E-state index in [1.807, 2.05) is 30.3 Å². The summed E-state index contributed by atoms with van der Waals surface area (Å²) in [7, 11) is 0. The van der Waals surface area contributed by atoms with Crippen molar-refractivity contribution < 1.29 is 14.6 Å². The van der Waals surface area contributed by atoms with Gasteiger partial charge in [-0.3, -0.25) is 9.36 Å². The van der Waals surface area contributed by atoms with Crippen LogP contribution in [0.2, 0.25) is 0 Å². The topological polar surface area (TPSA) is 116 Å². The van der Waals surface area contributed by atoms with E-state index in [2.05, 4.69) is 10.6 Å². The molecule has 9 heteroatoms. The second-order valence-corrected chi connectivity index (χ2v) is 6.58. The van der Waals surface area contributed by atoms with Gasteiger partial charge >= 0.3 is 5.97 Å². The number of rotatable bonds is 8. The molecular formula is C19H22N4O4S. The molecule has 0 fully saturated rings. The van der Waals surface area contributed by atoms with Crippen LogP contribution in [0.1, 0.15) is 13.8 Å². The first-order chi connectivity index (χ1) is 13.5. The van der Waals surface area contributed by atoms with Gasteiger partial charge in [-0.15, -0.1) is 11.3 Å². The summed E-state index contributed by atoms with van der Waals surface area (Å²) in [6, 6.07) is 9.22. The minimum Gasteiger partial charge on any atom is -0.462 e. The van der Waals surface area contributed by atoms with E-state index in [1.54, 1.807) is 20.0 Å². The number of esters is 1. The van der Waals surface area contributed by atoms with Gasteiger partial charge in [0, 0.05) is 30.7 Å². The van der Waals surface area contributed by atoms with Crippen LogP contribution < -0.4 is 25.4 Å². The molecule has 1 heterocycles. The maximum absolute atomic E-state index is 12.6. The molecule has 0 bridgehead atoms. The number of aromatic nitrogens is 1. The van der Waals surface area contributed by atoms with Crippen molar-refractivity contribution in [1.29, 1.82) is 5.26 Å². The number of nitrogens with one attached hydrogen (secondary N) is 2. The fraction of sp³-hybridized carbons (Fsp3) is 0.316. The Morgan fingerprint density at radius 3 is 2.79 bits per heavy atom. The molecule has 0 amide bonds. The fourth-order valence-electron chi connectivity index (χ4n) is 2.44. The van der Waals surface area contributed by atoms with Crippen molar-refractivity contribution in [3.05, 3.63) is 43.8 Å². The summed E-state index contributed by atoms with van der Waals surface area (Å²) >= 11 is 1.06. The predicted molar refractivity (Wildman–Crippen MR) is 109 cm³/mol. The Kier molecular flexibility index (Phi) is 7.80. The minimum absolute atomic E-state index is 0.0243. The molecule has 3 N–H and O–H groups in total. The Bertz CT molecular complexity index is 1050. The Hall–Kier alpha value is -3.09. The molecule has 0 atom stereocenters. The number of ether oxygens (including phenoxy) is 1. The van der Waals surface area contributed by atoms with Gasteiger partial charge < -0.3 is 20.5 Å². The second-order valence-electron chi connectivity index (χ2n) is 5.55. The normalized spacial score (nSPS) is 12.3. The average molecular weight is 402 g/mol. The van der Waals surface area contributed by atoms with E-state index in [1.165, 1.54) is 4.57 Å². The molecule has 2 aromatic rings. The lowest BCUT2D eigenvalue weighted by molar-refractivity contribution is -0.136. The van der Waals surface area contributed by atoms with E-state index >= 15 is 0 Å². The summed E-state index contributed by atoms with van der Waals surface area (Å²) in [5, 5.41) is 24.4. The zero-order valence-electron chi connectivity index (χ0n) is 15.7. The van der Waals surface area contributed by atoms with E-state index in [9.17, 15) is 14.9 Å². The van der Waals surface area contributed by atoms with Crippen molar-refractivity contribution in [1.82, 2.24) is 4.57 Å². The molecule has 148 valence electrons. The lowest BCUT2D eigenvalue weighted by Crippen LogP contribution is -2.32. The zero-order valence-corrected chi connectivity index (χ0v) is 16.5. The van der Waals surface area contributed by atoms with Gasteiger partial charge in [-0.2, -0.15) is 5.26 Å². The lowest BCUT2D eigenvalue weighted by Gasteiger charge is -2.06. The number of carbonyl (C=O) groups is 1. The Morgan fingerprint density at radius 2 is 2.14 bits per heavy atom. The van der Waals surface area contributed by atoms with Gasteiger partial charge in [0.1, 0.15) is 15.3 Å². The largest absolute Gasteiger partial charge is 0.462 e. The van der Waals surface area contributed by atoms with Crippen LogP contribution in [0, 0.1) is 11.3 Å². The van der Waals surface area contributed by atoms with E-state index < -0.39 is 5.97 Å². The Balaban J connectivity index is 2.45. The predicted octanol–water partition coefficient (Wildman–Crippen LogP) is 0.421. The number of nitriles is 1. The number of anilines is 2. The standard InChI is InChI=1S/C19H22N4O4S/c1-3-23-17(25)16(28-18(23)15(11-20)19(26)27-4-2)12-22-14-7-5-6-13(10-14)21-8-9-24/h5-7,10,12,21-22,24H,3-4,8-9H2,1-2H3/b16-12+,18-15-. The number of benzene rings is 1. The SMILES string of the molecule is CCOC(=O)/C(C#N)=c1\s/c(=C/Nc2cccc(NCCO)c2)c(=O)n1CC. The highest BCUT2D eigenvalue weighted by Gasteiger charge is 2.16. The molecule has 0 aliphatic rings. The number of aliphatic hydroxyl groups is 1. The van der Waals surface area contributed by atoms with Crippen molar-refractivity contribution in [3.63, 3.8) is 0 Å². The number of hydrogen-bond acceptors (Lipinski definition) is 8. The lowest BCUT2D eigenvalue weighted by atomic mass is 10.3. The maximum Gasteiger partial charge on any atom is 0.351 e. The zero-order chi connectivity index (χ0) is 20.5. The van der Waals surface area contributed by atoms with E-state index in [0.29, 0.717) is 17.6 Å². The Labute approximate surface area is 166 Å². The highest BCUT2D eigenvalue weighted by molar-refractivity contribution is 7.07. The van der Waals surface area contributed by atoms with Crippen LogP contribution in [0.15, 0.2) is 29.1 Å². The summed E-state index contributed by atoms with van der Waals surface area (Å²) in [5.74, 6) is -0.740. The number of aliphatic hydroxyl groups excluding tert-OH is 1. The minimum atomic E-state index is -0.740. The quantitative estimate of drug-likeness (QED) is 0.548. The first-order valence-corrected chi connectivity index (χ1v) is 9.60. The van der Waals surface area contributed by atoms with Gasteiger partial charge in [0.25, 0.3) is 5.56 Å². The molecule has 28 heavy (non-hydrogen) atoms. The van der Waals surface area contributed by atoms with Gasteiger partial charge in [-0.05, 0) is 32.0 Å². The highest BCUT2D eigenvalue weighted by Crippen LogP contribution is 2.14. The van der Waals surface area contributed by atoms with E-state index in [-0.39, 0.29) is 29.0 Å². The van der Waals surface area contributed by atoms with Gasteiger partial charge in [0.05, 0.1) is 13.2 Å². The first kappa shape index (κ1) is 21.2. The smallest absolute Gasteiger partial charge is 0.351 e. The number of hydrogen-bond donors (Lipinski definition) is 3. The van der Waals surface area contributed by atoms with Gasteiger partial charge in [0.15, 0.2) is 5.57 Å². The van der Waals surface area contributed by atoms with Crippen LogP contribution >= 0.6 is 11.3 Å². The third-order valence-electron chi connectivity index (χ3n) is 3.70. The number of carbonyl (C=O) groups excluding carboxylic acids is 1. The van der Waals surface area contributed by atoms with E-state index in [4.69, 9.17) is 9.84 Å². The summed E-state index contributed by atoms with van der Waals surface area (Å²) in [6.45, 7) is 4.35. The van der Waals surface area contributed by atoms with Crippen LogP contribution in [0.5, 0.6) is 0 Å². The molecule has 0 unspecified atom stereocenters. The summed E-state index contributed by atoms with van der Waals surface area (Å²) in [6.07, 6.45) is 1.55. The van der Waals surface area contributed by atoms with Gasteiger partial charge in [0.2, 0.25) is 0 Å². The molecule has 0 radical (unpaired) electrons. The van der Waals surface area contributed by atoms with Crippen molar-refractivity contribution in [2.75, 3.05) is 30.4 Å². The molecule has 8 nitrogen and oxygen atoms in total. The molecule has 1 aromatic carbocycles. The van der Waals surface area contributed by atoms with Crippen molar-refractivity contribution in [2.45, 2.75) is 20.4 Å². The van der Waals surface area contributed by atoms with Crippen molar-refractivity contribution in [2.24, 2.45) is 0 Å². The molecule has 0 aliphatic heterocycles. The maximum atomic E-state index is 12.6. The monoisotopic (exact) mass is 402 g/mol. The molecule has 0 spiro atoms. The van der Waals surface area contributed by atoms with Crippen LogP contribution in [0.25, 0.3) is 11.8 Å². The number of thiazole rings is 1. The highest BCUT2D eigenvalue weighted by atomic mass is 32.1. The van der Waals surface area contributed by atoms with Crippen molar-refractivity contribution >= 4 is 40.5 Å². The molecule has 0 aliphatic carbocycles. The van der Waals surface area contributed by atoms with Crippen LogP contribution in [-0.2, 0) is 16.1 Å². The molecule has 0 saturated heterocycles. The average Bonchev–Trinajstić information content (AvgIpc) is 3.01. The fourth-order valence-corrected chi connectivity index (χ4v) is 3.52. The molecule has 1 aromatic heterocycles. The van der Waals surface area contributed by atoms with E-state index in [0.717, 1.165) is 22.7 Å². The summed E-state index contributed by atoms with van der Waals surface area (Å²) in [4.78, 5) is 24.7. The molecule has 0 saturated carbocycles. The molecular weight excluding hydrogens is 380 g/mol. The Morgan fingerprint density at radius 1 is 1.39 bits per heavy atom.